The number of halogens is 5. The Bertz CT molecular complexity index is 1470. The van der Waals surface area contributed by atoms with E-state index in [1.807, 2.05) is 4.90 Å². The summed E-state index contributed by atoms with van der Waals surface area (Å²) in [7, 11) is -3.35. The van der Waals surface area contributed by atoms with Gasteiger partial charge in [0.05, 0.1) is 34.8 Å². The van der Waals surface area contributed by atoms with E-state index >= 15 is 0 Å². The molecule has 3 heterocycles. The lowest BCUT2D eigenvalue weighted by molar-refractivity contribution is -0.140. The molecule has 2 aliphatic rings. The summed E-state index contributed by atoms with van der Waals surface area (Å²) in [5.41, 5.74) is -2.48. The van der Waals surface area contributed by atoms with Crippen LogP contribution in [0.5, 0.6) is 5.75 Å². The first kappa shape index (κ1) is 23.7. The molecule has 8 nitrogen and oxygen atoms in total. The van der Waals surface area contributed by atoms with E-state index in [0.717, 1.165) is 23.8 Å². The van der Waals surface area contributed by atoms with Crippen molar-refractivity contribution in [3.05, 3.63) is 41.2 Å². The summed E-state index contributed by atoms with van der Waals surface area (Å²) in [5.74, 6) is -4.91. The standard InChI is InChI=1S/C21H20F5N5O3S/c1-11-12-7-16(30-6-5-29(35(2,33)34)10-20(30)3-4-20)27-9-15(12)31(28-11)14-8-13(21(24,25)26)17(22)19(32)18(14)23/h7-9,32H,3-6,10H2,1-2H3. The highest BCUT2D eigenvalue weighted by Gasteiger charge is 2.53. The fourth-order valence-electron chi connectivity index (χ4n) is 4.61. The minimum atomic E-state index is -5.17. The molecule has 5 rings (SSSR count). The SMILES string of the molecule is Cc1nn(-c2cc(C(F)(F)F)c(F)c(O)c2F)c2cnc(N3CCN(S(C)(=O)=O)CC34CC4)cc12. The Kier molecular flexibility index (Phi) is 5.08. The van der Waals surface area contributed by atoms with Crippen molar-refractivity contribution in [2.45, 2.75) is 31.5 Å². The topological polar surface area (TPSA) is 91.6 Å². The Morgan fingerprint density at radius 2 is 1.80 bits per heavy atom. The van der Waals surface area contributed by atoms with E-state index in [-0.39, 0.29) is 23.7 Å². The van der Waals surface area contributed by atoms with E-state index in [1.54, 1.807) is 13.0 Å². The summed E-state index contributed by atoms with van der Waals surface area (Å²) in [5, 5.41) is 14.3. The molecule has 2 aromatic heterocycles. The molecule has 1 aliphatic heterocycles. The molecular formula is C21H20F5N5O3S. The summed E-state index contributed by atoms with van der Waals surface area (Å²) < 4.78 is 94.6. The molecule has 188 valence electrons. The van der Waals surface area contributed by atoms with E-state index in [1.165, 1.54) is 10.5 Å². The molecule has 0 unspecified atom stereocenters. The van der Waals surface area contributed by atoms with Gasteiger partial charge in [0.2, 0.25) is 10.0 Å². The number of hydrogen-bond acceptors (Lipinski definition) is 6. The molecule has 0 radical (unpaired) electrons. The van der Waals surface area contributed by atoms with Gasteiger partial charge in [-0.2, -0.15) is 22.6 Å². The third kappa shape index (κ3) is 3.78. The Labute approximate surface area is 196 Å². The van der Waals surface area contributed by atoms with Crippen LogP contribution in [0.1, 0.15) is 24.1 Å². The van der Waals surface area contributed by atoms with Crippen molar-refractivity contribution in [1.29, 1.82) is 0 Å². The van der Waals surface area contributed by atoms with Gasteiger partial charge in [-0.05, 0) is 31.9 Å². The Morgan fingerprint density at radius 3 is 2.40 bits per heavy atom. The maximum Gasteiger partial charge on any atom is 0.419 e. The van der Waals surface area contributed by atoms with E-state index in [0.29, 0.717) is 30.0 Å². The molecule has 2 fully saturated rings. The zero-order valence-electron chi connectivity index (χ0n) is 18.6. The van der Waals surface area contributed by atoms with E-state index in [9.17, 15) is 35.5 Å². The van der Waals surface area contributed by atoms with Gasteiger partial charge in [-0.1, -0.05) is 0 Å². The average Bonchev–Trinajstić information content (AvgIpc) is 3.45. The van der Waals surface area contributed by atoms with E-state index in [2.05, 4.69) is 10.1 Å². The Balaban J connectivity index is 1.58. The van der Waals surface area contributed by atoms with Crippen LogP contribution >= 0.6 is 0 Å². The molecule has 1 saturated heterocycles. The Morgan fingerprint density at radius 1 is 1.11 bits per heavy atom. The van der Waals surface area contributed by atoms with Crippen LogP contribution in [0.25, 0.3) is 16.6 Å². The lowest BCUT2D eigenvalue weighted by Crippen LogP contribution is -2.56. The van der Waals surface area contributed by atoms with Crippen molar-refractivity contribution in [3.63, 3.8) is 0 Å². The van der Waals surface area contributed by atoms with Crippen molar-refractivity contribution in [2.24, 2.45) is 0 Å². The van der Waals surface area contributed by atoms with Crippen LogP contribution < -0.4 is 4.90 Å². The van der Waals surface area contributed by atoms with E-state index in [4.69, 9.17) is 0 Å². The third-order valence-corrected chi connectivity index (χ3v) is 7.87. The molecule has 0 amide bonds. The van der Waals surface area contributed by atoms with Crippen LogP contribution in [0.15, 0.2) is 18.3 Å². The maximum absolute atomic E-state index is 14.7. The zero-order valence-corrected chi connectivity index (χ0v) is 19.4. The number of hydrogen-bond donors (Lipinski definition) is 1. The average molecular weight is 517 g/mol. The smallest absolute Gasteiger partial charge is 0.419 e. The molecule has 1 spiro atoms. The van der Waals surface area contributed by atoms with Crippen LogP contribution in [-0.4, -0.2) is 64.0 Å². The van der Waals surface area contributed by atoms with Crippen molar-refractivity contribution < 1.29 is 35.5 Å². The summed E-state index contributed by atoms with van der Waals surface area (Å²) >= 11 is 0. The third-order valence-electron chi connectivity index (χ3n) is 6.62. The highest BCUT2D eigenvalue weighted by Crippen LogP contribution is 2.47. The van der Waals surface area contributed by atoms with Crippen LogP contribution in [0.3, 0.4) is 0 Å². The summed E-state index contributed by atoms with van der Waals surface area (Å²) in [6, 6.07) is 1.92. The number of anilines is 1. The van der Waals surface area contributed by atoms with Gasteiger partial charge in [-0.3, -0.25) is 0 Å². The second-order valence-electron chi connectivity index (χ2n) is 8.95. The molecule has 1 saturated carbocycles. The molecule has 1 aromatic carbocycles. The minimum absolute atomic E-state index is 0.156. The molecule has 3 aromatic rings. The van der Waals surface area contributed by atoms with E-state index < -0.39 is 44.8 Å². The largest absolute Gasteiger partial charge is 0.503 e. The summed E-state index contributed by atoms with van der Waals surface area (Å²) in [6.45, 7) is 2.57. The van der Waals surface area contributed by atoms with Gasteiger partial charge in [0.25, 0.3) is 0 Å². The molecule has 0 atom stereocenters. The number of fused-ring (bicyclic) bond motifs is 1. The van der Waals surface area contributed by atoms with Gasteiger partial charge in [-0.15, -0.1) is 0 Å². The number of aryl methyl sites for hydroxylation is 1. The van der Waals surface area contributed by atoms with Crippen LogP contribution in [0, 0.1) is 18.6 Å². The second kappa shape index (κ2) is 7.50. The molecular weight excluding hydrogens is 497 g/mol. The van der Waals surface area contributed by atoms with Crippen LogP contribution in [0.4, 0.5) is 27.8 Å². The number of aromatic nitrogens is 3. The van der Waals surface area contributed by atoms with Gasteiger partial charge in [0.15, 0.2) is 17.4 Å². The number of pyridine rings is 1. The first-order valence-electron chi connectivity index (χ1n) is 10.6. The van der Waals surface area contributed by atoms with Crippen molar-refractivity contribution in [3.8, 4) is 11.4 Å². The minimum Gasteiger partial charge on any atom is -0.503 e. The quantitative estimate of drug-likeness (QED) is 0.536. The highest BCUT2D eigenvalue weighted by atomic mass is 32.2. The summed E-state index contributed by atoms with van der Waals surface area (Å²) in [6.07, 6.45) is -1.14. The van der Waals surface area contributed by atoms with Gasteiger partial charge in [0.1, 0.15) is 11.5 Å². The highest BCUT2D eigenvalue weighted by molar-refractivity contribution is 7.88. The second-order valence-corrected chi connectivity index (χ2v) is 10.9. The number of phenols is 1. The normalized spacial score (nSPS) is 18.5. The summed E-state index contributed by atoms with van der Waals surface area (Å²) in [4.78, 5) is 6.42. The van der Waals surface area contributed by atoms with Crippen LogP contribution in [-0.2, 0) is 16.2 Å². The molecule has 1 aliphatic carbocycles. The molecule has 0 bridgehead atoms. The van der Waals surface area contributed by atoms with Crippen molar-refractivity contribution >= 4 is 26.7 Å². The first-order valence-corrected chi connectivity index (χ1v) is 12.4. The number of aromatic hydroxyl groups is 1. The fraction of sp³-hybridized carbons (Fsp3) is 0.429. The van der Waals surface area contributed by atoms with Crippen LogP contribution in [0.2, 0.25) is 0 Å². The number of rotatable bonds is 3. The number of phenolic OH excluding ortho intramolecular Hbond substituents is 1. The fourth-order valence-corrected chi connectivity index (χ4v) is 5.50. The predicted octanol–water partition coefficient (Wildman–Crippen LogP) is 3.35. The molecule has 1 N–H and O–H groups in total. The number of alkyl halides is 3. The maximum atomic E-state index is 14.7. The zero-order chi connectivity index (χ0) is 25.5. The number of sulfonamides is 1. The molecule has 35 heavy (non-hydrogen) atoms. The van der Waals surface area contributed by atoms with Gasteiger partial charge >= 0.3 is 6.18 Å². The predicted molar refractivity (Wildman–Crippen MR) is 116 cm³/mol. The first-order chi connectivity index (χ1) is 16.2. The van der Waals surface area contributed by atoms with Gasteiger partial charge in [-0.25, -0.2) is 26.9 Å². The van der Waals surface area contributed by atoms with Gasteiger partial charge < -0.3 is 10.0 Å². The molecule has 14 heteroatoms. The van der Waals surface area contributed by atoms with Crippen molar-refractivity contribution in [1.82, 2.24) is 19.1 Å². The van der Waals surface area contributed by atoms with Gasteiger partial charge in [0, 0.05) is 25.0 Å². The Hall–Kier alpha value is -3.00. The number of piperazine rings is 1. The number of benzene rings is 1. The monoisotopic (exact) mass is 517 g/mol. The van der Waals surface area contributed by atoms with Crippen molar-refractivity contribution in [2.75, 3.05) is 30.8 Å². The number of nitrogens with zero attached hydrogens (tertiary/aromatic N) is 5. The lowest BCUT2D eigenvalue weighted by Gasteiger charge is -2.41. The lowest BCUT2D eigenvalue weighted by atomic mass is 10.1.